The van der Waals surface area contributed by atoms with Crippen LogP contribution < -0.4 is 9.80 Å². The second-order valence-electron chi connectivity index (χ2n) is 4.64. The van der Waals surface area contributed by atoms with Crippen molar-refractivity contribution in [3.8, 4) is 0 Å². The molecule has 2 N–H and O–H groups in total. The number of nitrogens with one attached hydrogen (secondary N) is 2. The highest BCUT2D eigenvalue weighted by Gasteiger charge is 2.31. The summed E-state index contributed by atoms with van der Waals surface area (Å²) >= 11 is 0. The first-order valence-electron chi connectivity index (χ1n) is 5.80. The summed E-state index contributed by atoms with van der Waals surface area (Å²) in [6, 6.07) is 2.12. The standard InChI is InChI=1S/C13H17N3/c1-15-7-3-4-10-11-5-6-14-8-12(11)16(2)13(10)9-15/h5-6,8,15-16H,1-4,7,9H2. The number of fused-ring (bicyclic) bond motifs is 2. The van der Waals surface area contributed by atoms with Crippen LogP contribution in [0.4, 0.5) is 5.69 Å². The molecule has 3 heterocycles. The molecule has 0 bridgehead atoms. The highest BCUT2D eigenvalue weighted by Crippen LogP contribution is 2.31. The number of rotatable bonds is 0. The molecule has 2 aliphatic rings. The third-order valence-electron chi connectivity index (χ3n) is 3.58. The number of nitrogens with zero attached hydrogens (tertiary/aromatic N) is 1. The van der Waals surface area contributed by atoms with E-state index in [0.29, 0.717) is 0 Å². The fraction of sp³-hybridized carbons (Fsp3) is 0.308. The third kappa shape index (κ3) is 1.39. The molecule has 16 heavy (non-hydrogen) atoms. The van der Waals surface area contributed by atoms with Crippen LogP contribution in [0.15, 0.2) is 24.2 Å². The molecule has 0 aliphatic carbocycles. The van der Waals surface area contributed by atoms with Gasteiger partial charge in [-0.05, 0) is 18.9 Å². The number of hydrogen-bond donors (Lipinski definition) is 2. The largest absolute Gasteiger partial charge is 0.460 e. The average Bonchev–Trinajstić information content (AvgIpc) is 2.47. The van der Waals surface area contributed by atoms with E-state index in [1.54, 1.807) is 0 Å². The van der Waals surface area contributed by atoms with Crippen LogP contribution in [0.2, 0.25) is 0 Å². The first-order chi connectivity index (χ1) is 7.77. The Labute approximate surface area is 96.4 Å². The molecule has 0 fully saturated rings. The molecule has 0 saturated carbocycles. The molecule has 1 aromatic rings. The van der Waals surface area contributed by atoms with Crippen molar-refractivity contribution in [3.63, 3.8) is 0 Å². The number of hydrogen-bond acceptors (Lipinski definition) is 1. The van der Waals surface area contributed by atoms with Gasteiger partial charge in [-0.1, -0.05) is 0 Å². The maximum Gasteiger partial charge on any atom is 0.143 e. The second kappa shape index (κ2) is 3.68. The highest BCUT2D eigenvalue weighted by molar-refractivity contribution is 5.77. The van der Waals surface area contributed by atoms with E-state index in [1.165, 1.54) is 38.7 Å². The van der Waals surface area contributed by atoms with Gasteiger partial charge in [-0.2, -0.15) is 7.05 Å². The van der Waals surface area contributed by atoms with Gasteiger partial charge in [0.1, 0.15) is 17.9 Å². The Balaban J connectivity index is 2.09. The van der Waals surface area contributed by atoms with Crippen molar-refractivity contribution in [1.29, 1.82) is 0 Å². The van der Waals surface area contributed by atoms with E-state index in [9.17, 15) is 0 Å². The first kappa shape index (κ1) is 10.00. The summed E-state index contributed by atoms with van der Waals surface area (Å²) in [6.45, 7) is 2.16. The van der Waals surface area contributed by atoms with Gasteiger partial charge in [-0.15, -0.1) is 7.05 Å². The van der Waals surface area contributed by atoms with Gasteiger partial charge in [0.15, 0.2) is 0 Å². The molecular formula is C13H17N3. The minimum absolute atomic E-state index is 1.00. The molecule has 2 aliphatic heterocycles. The molecule has 0 amide bonds. The molecule has 0 radical (unpaired) electrons. The Hall–Kier alpha value is -1.19. The zero-order chi connectivity index (χ0) is 11.1. The topological polar surface area (TPSA) is 21.8 Å². The van der Waals surface area contributed by atoms with Gasteiger partial charge in [-0.3, -0.25) is 4.98 Å². The van der Waals surface area contributed by atoms with Gasteiger partial charge in [0, 0.05) is 17.3 Å². The lowest BCUT2D eigenvalue weighted by Crippen LogP contribution is -3.11. The lowest BCUT2D eigenvalue weighted by molar-refractivity contribution is -0.869. The molecule has 84 valence electrons. The lowest BCUT2D eigenvalue weighted by Gasteiger charge is -2.23. The van der Waals surface area contributed by atoms with Gasteiger partial charge in [0.25, 0.3) is 0 Å². The zero-order valence-corrected chi connectivity index (χ0v) is 9.42. The predicted octanol–water partition coefficient (Wildman–Crippen LogP) is -0.415. The minimum Gasteiger partial charge on any atom is -0.460 e. The lowest BCUT2D eigenvalue weighted by atomic mass is 10.0. The summed E-state index contributed by atoms with van der Waals surface area (Å²) in [5, 5.41) is 0. The number of pyridine rings is 1. The number of quaternary nitrogens is 2. The summed E-state index contributed by atoms with van der Waals surface area (Å²) in [4.78, 5) is 6.70. The predicted molar refractivity (Wildman–Crippen MR) is 62.4 cm³/mol. The highest BCUT2D eigenvalue weighted by atomic mass is 15.2. The maximum atomic E-state index is 4.22. The van der Waals surface area contributed by atoms with Crippen LogP contribution in [-0.2, 0) is 0 Å². The van der Waals surface area contributed by atoms with Crippen molar-refractivity contribution in [3.05, 3.63) is 43.8 Å². The maximum absolute atomic E-state index is 4.22. The van der Waals surface area contributed by atoms with Crippen LogP contribution in [-0.4, -0.2) is 18.1 Å². The SMILES string of the molecule is [CH2-][NH+]1CCCC2=C(C1)[NH+]([CH2-])c1cnccc12. The molecule has 3 heteroatoms. The Kier molecular flexibility index (Phi) is 2.30. The Bertz CT molecular complexity index is 450. The minimum atomic E-state index is 1.00. The summed E-state index contributed by atoms with van der Waals surface area (Å²) in [6.07, 6.45) is 6.19. The molecular weight excluding hydrogens is 198 g/mol. The quantitative estimate of drug-likeness (QED) is 0.564. The van der Waals surface area contributed by atoms with Gasteiger partial charge in [0.2, 0.25) is 0 Å². The van der Waals surface area contributed by atoms with Gasteiger partial charge < -0.3 is 9.80 Å². The second-order valence-corrected chi connectivity index (χ2v) is 4.64. The molecule has 1 aromatic heterocycles. The Morgan fingerprint density at radius 3 is 3.06 bits per heavy atom. The normalized spacial score (nSPS) is 28.6. The molecule has 3 rings (SSSR count). The molecule has 2 atom stereocenters. The Morgan fingerprint density at radius 2 is 2.19 bits per heavy atom. The van der Waals surface area contributed by atoms with E-state index in [0.717, 1.165) is 19.5 Å². The summed E-state index contributed by atoms with van der Waals surface area (Å²) in [5.74, 6) is 0. The summed E-state index contributed by atoms with van der Waals surface area (Å²) in [5.41, 5.74) is 5.47. The van der Waals surface area contributed by atoms with E-state index in [2.05, 4.69) is 25.1 Å². The summed E-state index contributed by atoms with van der Waals surface area (Å²) < 4.78 is 0. The third-order valence-corrected chi connectivity index (χ3v) is 3.58. The first-order valence-corrected chi connectivity index (χ1v) is 5.80. The van der Waals surface area contributed by atoms with Crippen LogP contribution in [0.5, 0.6) is 0 Å². The van der Waals surface area contributed by atoms with Crippen molar-refractivity contribution in [1.82, 2.24) is 4.98 Å². The fourth-order valence-electron chi connectivity index (χ4n) is 2.76. The van der Waals surface area contributed by atoms with E-state index >= 15 is 0 Å². The molecule has 0 aromatic carbocycles. The van der Waals surface area contributed by atoms with E-state index < -0.39 is 0 Å². The average molecular weight is 215 g/mol. The van der Waals surface area contributed by atoms with Crippen LogP contribution >= 0.6 is 0 Å². The molecule has 2 unspecified atom stereocenters. The van der Waals surface area contributed by atoms with E-state index in [4.69, 9.17) is 0 Å². The van der Waals surface area contributed by atoms with Crippen molar-refractivity contribution >= 4 is 11.3 Å². The molecule has 0 spiro atoms. The van der Waals surface area contributed by atoms with Crippen LogP contribution in [0.25, 0.3) is 5.57 Å². The van der Waals surface area contributed by atoms with Crippen LogP contribution in [0, 0.1) is 14.1 Å². The van der Waals surface area contributed by atoms with Crippen LogP contribution in [0.1, 0.15) is 18.4 Å². The van der Waals surface area contributed by atoms with Gasteiger partial charge in [0.05, 0.1) is 12.7 Å². The van der Waals surface area contributed by atoms with E-state index in [-0.39, 0.29) is 0 Å². The number of aromatic nitrogens is 1. The molecule has 3 nitrogen and oxygen atoms in total. The summed E-state index contributed by atoms with van der Waals surface area (Å²) in [7, 11) is 8.36. The van der Waals surface area contributed by atoms with Crippen LogP contribution in [0.3, 0.4) is 0 Å². The fourth-order valence-corrected chi connectivity index (χ4v) is 2.76. The number of allylic oxidation sites excluding steroid dienone is 1. The van der Waals surface area contributed by atoms with Gasteiger partial charge in [-0.25, -0.2) is 0 Å². The van der Waals surface area contributed by atoms with E-state index in [1.807, 2.05) is 12.4 Å². The van der Waals surface area contributed by atoms with Crippen molar-refractivity contribution < 1.29 is 9.80 Å². The van der Waals surface area contributed by atoms with Gasteiger partial charge >= 0.3 is 0 Å². The zero-order valence-electron chi connectivity index (χ0n) is 9.42. The molecule has 0 saturated heterocycles. The van der Waals surface area contributed by atoms with Crippen molar-refractivity contribution in [2.45, 2.75) is 12.8 Å². The van der Waals surface area contributed by atoms with Crippen molar-refractivity contribution in [2.24, 2.45) is 0 Å². The smallest absolute Gasteiger partial charge is 0.143 e. The monoisotopic (exact) mass is 215 g/mol. The van der Waals surface area contributed by atoms with Crippen molar-refractivity contribution in [2.75, 3.05) is 13.1 Å². The Morgan fingerprint density at radius 1 is 1.31 bits per heavy atom.